The molecule has 164 valence electrons. The Morgan fingerprint density at radius 3 is 2.72 bits per heavy atom. The molecule has 2 heterocycles. The SMILES string of the molecule is NC(=O)c1c(NC(=S)NC(=O)c2ccc(-c3cccc([N+](=O)[O-])c3)o2)sc2c1CCCC2. The zero-order valence-corrected chi connectivity index (χ0v) is 18.3. The van der Waals surface area contributed by atoms with Gasteiger partial charge in [-0.2, -0.15) is 0 Å². The Kier molecular flexibility index (Phi) is 6.01. The second-order valence-corrected chi connectivity index (χ2v) is 8.67. The van der Waals surface area contributed by atoms with Crippen LogP contribution in [0, 0.1) is 10.1 Å². The van der Waals surface area contributed by atoms with E-state index in [0.29, 0.717) is 21.9 Å². The van der Waals surface area contributed by atoms with E-state index in [2.05, 4.69) is 10.6 Å². The molecule has 0 bridgehead atoms. The number of nitrogens with two attached hydrogens (primary N) is 1. The third kappa shape index (κ3) is 4.39. The number of anilines is 1. The summed E-state index contributed by atoms with van der Waals surface area (Å²) in [7, 11) is 0. The van der Waals surface area contributed by atoms with E-state index in [1.807, 2.05) is 0 Å². The van der Waals surface area contributed by atoms with E-state index >= 15 is 0 Å². The van der Waals surface area contributed by atoms with E-state index in [1.165, 1.54) is 35.6 Å². The minimum atomic E-state index is -0.596. The average molecular weight is 471 g/mol. The van der Waals surface area contributed by atoms with Crippen molar-refractivity contribution in [3.05, 3.63) is 68.3 Å². The van der Waals surface area contributed by atoms with Crippen LogP contribution in [0.1, 0.15) is 44.2 Å². The van der Waals surface area contributed by atoms with Gasteiger partial charge in [-0.1, -0.05) is 12.1 Å². The number of aryl methyl sites for hydroxylation is 1. The number of amides is 2. The maximum atomic E-state index is 12.5. The second-order valence-electron chi connectivity index (χ2n) is 7.16. The molecular formula is C21H18N4O5S2. The molecule has 4 rings (SSSR count). The van der Waals surface area contributed by atoms with Gasteiger partial charge in [0, 0.05) is 22.6 Å². The molecule has 2 amide bonds. The molecule has 1 aliphatic rings. The minimum absolute atomic E-state index is 0.00407. The van der Waals surface area contributed by atoms with Crippen LogP contribution in [-0.2, 0) is 12.8 Å². The smallest absolute Gasteiger partial charge is 0.293 e. The lowest BCUT2D eigenvalue weighted by molar-refractivity contribution is -0.384. The number of nitro benzene ring substituents is 1. The van der Waals surface area contributed by atoms with Gasteiger partial charge in [0.05, 0.1) is 10.5 Å². The molecule has 9 nitrogen and oxygen atoms in total. The fraction of sp³-hybridized carbons (Fsp3) is 0.190. The molecule has 11 heteroatoms. The number of rotatable bonds is 5. The van der Waals surface area contributed by atoms with Gasteiger partial charge in [0.2, 0.25) is 0 Å². The molecule has 0 saturated carbocycles. The van der Waals surface area contributed by atoms with Crippen LogP contribution in [0.2, 0.25) is 0 Å². The van der Waals surface area contributed by atoms with Crippen LogP contribution < -0.4 is 16.4 Å². The van der Waals surface area contributed by atoms with Gasteiger partial charge in [-0.25, -0.2) is 0 Å². The lowest BCUT2D eigenvalue weighted by atomic mass is 9.95. The highest BCUT2D eigenvalue weighted by Crippen LogP contribution is 2.37. The summed E-state index contributed by atoms with van der Waals surface area (Å²) in [6.45, 7) is 0. The third-order valence-electron chi connectivity index (χ3n) is 5.04. The highest BCUT2D eigenvalue weighted by molar-refractivity contribution is 7.80. The van der Waals surface area contributed by atoms with Crippen molar-refractivity contribution >= 4 is 51.2 Å². The number of hydrogen-bond donors (Lipinski definition) is 3. The molecule has 0 saturated heterocycles. The number of furan rings is 1. The number of fused-ring (bicyclic) bond motifs is 1. The Morgan fingerprint density at radius 1 is 1.19 bits per heavy atom. The fourth-order valence-electron chi connectivity index (χ4n) is 3.60. The maximum Gasteiger partial charge on any atom is 0.293 e. The summed E-state index contributed by atoms with van der Waals surface area (Å²) in [5.74, 6) is -0.842. The molecule has 32 heavy (non-hydrogen) atoms. The topological polar surface area (TPSA) is 140 Å². The fourth-order valence-corrected chi connectivity index (χ4v) is 5.16. The number of primary amides is 1. The molecule has 2 aromatic heterocycles. The van der Waals surface area contributed by atoms with Crippen molar-refractivity contribution in [2.24, 2.45) is 5.73 Å². The predicted molar refractivity (Wildman–Crippen MR) is 124 cm³/mol. The number of nitro groups is 1. The van der Waals surface area contributed by atoms with Gasteiger partial charge >= 0.3 is 0 Å². The Balaban J connectivity index is 1.47. The number of thiocarbonyl (C=S) groups is 1. The summed E-state index contributed by atoms with van der Waals surface area (Å²) in [6, 6.07) is 8.90. The van der Waals surface area contributed by atoms with E-state index in [4.69, 9.17) is 22.4 Å². The molecule has 0 unspecified atom stereocenters. The quantitative estimate of drug-likeness (QED) is 0.290. The van der Waals surface area contributed by atoms with E-state index in [0.717, 1.165) is 36.1 Å². The zero-order valence-electron chi connectivity index (χ0n) is 16.7. The summed E-state index contributed by atoms with van der Waals surface area (Å²) in [5.41, 5.74) is 7.34. The van der Waals surface area contributed by atoms with E-state index < -0.39 is 16.7 Å². The van der Waals surface area contributed by atoms with Gasteiger partial charge in [0.1, 0.15) is 10.8 Å². The molecule has 0 aliphatic heterocycles. The van der Waals surface area contributed by atoms with Gasteiger partial charge < -0.3 is 15.5 Å². The minimum Gasteiger partial charge on any atom is -0.451 e. The number of nitrogens with zero attached hydrogens (tertiary/aromatic N) is 1. The number of nitrogens with one attached hydrogen (secondary N) is 2. The Hall–Kier alpha value is -3.57. The van der Waals surface area contributed by atoms with Gasteiger partial charge in [-0.3, -0.25) is 25.0 Å². The first-order valence-electron chi connectivity index (χ1n) is 9.75. The molecule has 0 spiro atoms. The molecular weight excluding hydrogens is 452 g/mol. The molecule has 1 aromatic carbocycles. The predicted octanol–water partition coefficient (Wildman–Crippen LogP) is 4.02. The molecule has 3 aromatic rings. The first kappa shape index (κ1) is 21.7. The van der Waals surface area contributed by atoms with Crippen LogP contribution in [0.15, 0.2) is 40.8 Å². The van der Waals surface area contributed by atoms with Crippen LogP contribution in [0.25, 0.3) is 11.3 Å². The van der Waals surface area contributed by atoms with Crippen LogP contribution in [0.4, 0.5) is 10.7 Å². The van der Waals surface area contributed by atoms with E-state index in [-0.39, 0.29) is 16.6 Å². The van der Waals surface area contributed by atoms with Crippen molar-refractivity contribution in [3.63, 3.8) is 0 Å². The monoisotopic (exact) mass is 470 g/mol. The second kappa shape index (κ2) is 8.89. The third-order valence-corrected chi connectivity index (χ3v) is 6.45. The highest BCUT2D eigenvalue weighted by atomic mass is 32.1. The normalized spacial score (nSPS) is 12.6. The summed E-state index contributed by atoms with van der Waals surface area (Å²) in [4.78, 5) is 36.1. The molecule has 0 fully saturated rings. The maximum absolute atomic E-state index is 12.5. The number of carbonyl (C=O) groups excluding carboxylic acids is 2. The van der Waals surface area contributed by atoms with Crippen LogP contribution in [0.5, 0.6) is 0 Å². The Bertz CT molecular complexity index is 1250. The number of thiophene rings is 1. The Morgan fingerprint density at radius 2 is 1.97 bits per heavy atom. The van der Waals surface area contributed by atoms with Gasteiger partial charge in [0.25, 0.3) is 17.5 Å². The first-order chi connectivity index (χ1) is 15.3. The van der Waals surface area contributed by atoms with E-state index in [1.54, 1.807) is 12.1 Å². The van der Waals surface area contributed by atoms with Crippen molar-refractivity contribution in [3.8, 4) is 11.3 Å². The van der Waals surface area contributed by atoms with Crippen LogP contribution in [0.3, 0.4) is 0 Å². The van der Waals surface area contributed by atoms with Gasteiger partial charge in [-0.15, -0.1) is 11.3 Å². The van der Waals surface area contributed by atoms with Crippen molar-refractivity contribution in [2.45, 2.75) is 25.7 Å². The van der Waals surface area contributed by atoms with Gasteiger partial charge in [0.15, 0.2) is 10.9 Å². The largest absolute Gasteiger partial charge is 0.451 e. The highest BCUT2D eigenvalue weighted by Gasteiger charge is 2.25. The van der Waals surface area contributed by atoms with Crippen molar-refractivity contribution < 1.29 is 18.9 Å². The van der Waals surface area contributed by atoms with Gasteiger partial charge in [-0.05, 0) is 55.6 Å². The summed E-state index contributed by atoms with van der Waals surface area (Å²) in [5, 5.41) is 16.9. The average Bonchev–Trinajstić information content (AvgIpc) is 3.38. The summed E-state index contributed by atoms with van der Waals surface area (Å²) < 4.78 is 5.55. The lowest BCUT2D eigenvalue weighted by Gasteiger charge is -2.11. The standard InChI is InChI=1S/C21H18N4O5S2/c22-18(26)17-13-6-1-2-7-16(13)32-20(17)24-21(31)23-19(27)15-9-8-14(30-15)11-4-3-5-12(10-11)25(28)29/h3-5,8-10H,1-2,6-7H2,(H2,22,26)(H2,23,24,27,31). The van der Waals surface area contributed by atoms with Crippen molar-refractivity contribution in [1.82, 2.24) is 5.32 Å². The number of non-ortho nitro benzene ring substituents is 1. The number of hydrogen-bond acceptors (Lipinski definition) is 7. The Labute approximate surface area is 191 Å². The summed E-state index contributed by atoms with van der Waals surface area (Å²) in [6.07, 6.45) is 3.72. The molecule has 0 radical (unpaired) electrons. The molecule has 0 atom stereocenters. The molecule has 1 aliphatic carbocycles. The summed E-state index contributed by atoms with van der Waals surface area (Å²) >= 11 is 6.66. The van der Waals surface area contributed by atoms with Crippen molar-refractivity contribution in [2.75, 3.05) is 5.32 Å². The first-order valence-corrected chi connectivity index (χ1v) is 11.0. The van der Waals surface area contributed by atoms with E-state index in [9.17, 15) is 19.7 Å². The number of benzene rings is 1. The lowest BCUT2D eigenvalue weighted by Crippen LogP contribution is -2.34. The number of carbonyl (C=O) groups is 2. The van der Waals surface area contributed by atoms with Crippen LogP contribution in [-0.4, -0.2) is 21.9 Å². The van der Waals surface area contributed by atoms with Crippen LogP contribution >= 0.6 is 23.6 Å². The van der Waals surface area contributed by atoms with Crippen molar-refractivity contribution in [1.29, 1.82) is 0 Å². The molecule has 4 N–H and O–H groups in total. The zero-order chi connectivity index (χ0) is 22.8.